The van der Waals surface area contributed by atoms with Crippen molar-refractivity contribution in [1.82, 2.24) is 0 Å². The van der Waals surface area contributed by atoms with E-state index in [9.17, 15) is 13.2 Å². The molecule has 0 spiro atoms. The highest BCUT2D eigenvalue weighted by Crippen LogP contribution is 2.29. The maximum Gasteiger partial charge on any atom is 0.506 e. The van der Waals surface area contributed by atoms with Gasteiger partial charge < -0.3 is 4.74 Å². The molecule has 0 saturated heterocycles. The minimum absolute atomic E-state index is 0.238. The molecule has 1 rings (SSSR count). The summed E-state index contributed by atoms with van der Waals surface area (Å²) in [5.41, 5.74) is 6.21. The Morgan fingerprint density at radius 1 is 1.27 bits per heavy atom. The zero-order valence-corrected chi connectivity index (χ0v) is 7.75. The van der Waals surface area contributed by atoms with Crippen LogP contribution in [0.3, 0.4) is 0 Å². The van der Waals surface area contributed by atoms with Gasteiger partial charge in [0, 0.05) is 0 Å². The molecule has 0 radical (unpaired) electrons. The van der Waals surface area contributed by atoms with Gasteiger partial charge in [0.25, 0.3) is 0 Å². The number of ether oxygens (including phenoxy) is 1. The molecule has 1 aromatic rings. The summed E-state index contributed by atoms with van der Waals surface area (Å²) < 4.78 is 41.6. The first-order valence-electron chi connectivity index (χ1n) is 3.87. The van der Waals surface area contributed by atoms with Crippen molar-refractivity contribution in [3.8, 4) is 5.75 Å². The summed E-state index contributed by atoms with van der Waals surface area (Å²) in [4.78, 5) is 0. The molecule has 7 heteroatoms. The number of rotatable bonds is 3. The molecule has 0 saturated carbocycles. The number of alkyl halides is 3. The molecule has 1 N–H and O–H groups in total. The Morgan fingerprint density at radius 3 is 2.13 bits per heavy atom. The van der Waals surface area contributed by atoms with E-state index in [4.69, 9.17) is 10.3 Å². The summed E-state index contributed by atoms with van der Waals surface area (Å²) in [6.45, 7) is 0. The van der Waals surface area contributed by atoms with Crippen molar-refractivity contribution < 1.29 is 17.9 Å². The van der Waals surface area contributed by atoms with Gasteiger partial charge in [0.2, 0.25) is 0 Å². The number of nitrogens with zero attached hydrogens (tertiary/aromatic N) is 2. The molecule has 4 nitrogen and oxygen atoms in total. The summed E-state index contributed by atoms with van der Waals surface area (Å²) in [7, 11) is 1.41. The molecule has 1 aromatic carbocycles. The van der Waals surface area contributed by atoms with Crippen LogP contribution in [0.1, 0.15) is 0 Å². The zero-order chi connectivity index (χ0) is 11.5. The second-order valence-corrected chi connectivity index (χ2v) is 2.58. The highest BCUT2D eigenvalue weighted by molar-refractivity contribution is 5.48. The number of hydrogen-bond donors (Lipinski definition) is 1. The largest absolute Gasteiger partial charge is 0.506 e. The fourth-order valence-electron chi connectivity index (χ4n) is 0.984. The van der Waals surface area contributed by atoms with E-state index in [0.717, 1.165) is 0 Å². The number of halogens is 3. The average molecular weight is 219 g/mol. The molecular weight excluding hydrogens is 211 g/mol. The molecule has 0 unspecified atom stereocenters. The van der Waals surface area contributed by atoms with Gasteiger partial charge in [0.15, 0.2) is 0 Å². The molecule has 0 bridgehead atoms. The number of methoxy groups -OCH3 is 1. The van der Waals surface area contributed by atoms with Gasteiger partial charge >= 0.3 is 6.30 Å². The number of nitrogens with one attached hydrogen (secondary N) is 1. The van der Waals surface area contributed by atoms with Crippen molar-refractivity contribution in [2.24, 2.45) is 5.22 Å². The molecular formula is C8H8F3N3O. The third kappa shape index (κ3) is 2.58. The van der Waals surface area contributed by atoms with Crippen LogP contribution in [0.5, 0.6) is 5.75 Å². The Labute approximate surface area is 83.7 Å². The number of anilines is 1. The maximum absolute atomic E-state index is 12.3. The van der Waals surface area contributed by atoms with Gasteiger partial charge in [-0.3, -0.25) is 0 Å². The van der Waals surface area contributed by atoms with Crippen molar-refractivity contribution in [2.75, 3.05) is 12.1 Å². The van der Waals surface area contributed by atoms with Crippen LogP contribution >= 0.6 is 0 Å². The van der Waals surface area contributed by atoms with E-state index in [-0.39, 0.29) is 10.7 Å². The third-order valence-corrected chi connectivity index (χ3v) is 1.66. The summed E-state index contributed by atoms with van der Waals surface area (Å²) in [6.07, 6.45) is -4.70. The summed E-state index contributed by atoms with van der Waals surface area (Å²) >= 11 is 0. The topological polar surface area (TPSA) is 48.7 Å². The smallest absolute Gasteiger partial charge is 0.497 e. The van der Waals surface area contributed by atoms with Crippen LogP contribution in [0.2, 0.25) is 0 Å². The highest BCUT2D eigenvalue weighted by atomic mass is 19.4. The monoisotopic (exact) mass is 219 g/mol. The van der Waals surface area contributed by atoms with Crippen molar-refractivity contribution in [1.29, 1.82) is 5.53 Å². The molecule has 82 valence electrons. The molecule has 0 aliphatic heterocycles. The standard InChI is InChI=1S/C8H8F3N3O/c1-15-7-4-2-6(3-5-7)14(13-12)8(9,10)11/h2-5,12H,1H3. The first kappa shape index (κ1) is 11.3. The Kier molecular flexibility index (Phi) is 3.13. The maximum atomic E-state index is 12.3. The Hall–Kier alpha value is -1.79. The highest BCUT2D eigenvalue weighted by Gasteiger charge is 2.38. The fourth-order valence-corrected chi connectivity index (χ4v) is 0.984. The predicted octanol–water partition coefficient (Wildman–Crippen LogP) is 2.97. The van der Waals surface area contributed by atoms with Crippen LogP contribution in [0.25, 0.3) is 0 Å². The predicted molar refractivity (Wildman–Crippen MR) is 46.7 cm³/mol. The first-order chi connectivity index (χ1) is 6.99. The molecule has 15 heavy (non-hydrogen) atoms. The van der Waals surface area contributed by atoms with Crippen molar-refractivity contribution in [2.45, 2.75) is 6.30 Å². The van der Waals surface area contributed by atoms with Gasteiger partial charge in [-0.15, -0.1) is 13.2 Å². The summed E-state index contributed by atoms with van der Waals surface area (Å²) in [5, 5.41) is 2.06. The minimum atomic E-state index is -4.70. The Balaban J connectivity index is 2.98. The molecule has 0 atom stereocenters. The van der Waals surface area contributed by atoms with Gasteiger partial charge in [-0.2, -0.15) is 10.5 Å². The van der Waals surface area contributed by atoms with Crippen LogP contribution in [0, 0.1) is 5.53 Å². The third-order valence-electron chi connectivity index (χ3n) is 1.66. The summed E-state index contributed by atoms with van der Waals surface area (Å²) in [6, 6.07) is 5.06. The van der Waals surface area contributed by atoms with Crippen LogP contribution < -0.4 is 9.75 Å². The summed E-state index contributed by atoms with van der Waals surface area (Å²) in [5.74, 6) is 0.436. The number of hydrogen-bond acceptors (Lipinski definition) is 3. The van der Waals surface area contributed by atoms with E-state index >= 15 is 0 Å². The molecule has 0 amide bonds. The van der Waals surface area contributed by atoms with E-state index in [1.807, 2.05) is 0 Å². The lowest BCUT2D eigenvalue weighted by molar-refractivity contribution is -0.130. The van der Waals surface area contributed by atoms with E-state index < -0.39 is 6.30 Å². The van der Waals surface area contributed by atoms with Gasteiger partial charge in [0.05, 0.1) is 12.8 Å². The quantitative estimate of drug-likeness (QED) is 0.482. The first-order valence-corrected chi connectivity index (χ1v) is 3.87. The van der Waals surface area contributed by atoms with E-state index in [1.54, 1.807) is 0 Å². The van der Waals surface area contributed by atoms with Crippen molar-refractivity contribution in [3.63, 3.8) is 0 Å². The second kappa shape index (κ2) is 4.16. The van der Waals surface area contributed by atoms with Crippen molar-refractivity contribution >= 4 is 5.69 Å². The van der Waals surface area contributed by atoms with Crippen LogP contribution in [-0.2, 0) is 0 Å². The molecule has 0 aliphatic carbocycles. The fraction of sp³-hybridized carbons (Fsp3) is 0.250. The zero-order valence-electron chi connectivity index (χ0n) is 7.75. The van der Waals surface area contributed by atoms with Gasteiger partial charge in [-0.05, 0) is 24.3 Å². The lowest BCUT2D eigenvalue weighted by Gasteiger charge is -2.19. The Bertz CT molecular complexity index is 336. The normalized spacial score (nSPS) is 10.9. The van der Waals surface area contributed by atoms with Crippen LogP contribution in [0.4, 0.5) is 18.9 Å². The molecule has 0 aromatic heterocycles. The van der Waals surface area contributed by atoms with Crippen molar-refractivity contribution in [3.05, 3.63) is 24.3 Å². The SMILES string of the molecule is COc1ccc(N(N=N)C(F)(F)F)cc1. The van der Waals surface area contributed by atoms with Crippen LogP contribution in [0.15, 0.2) is 29.5 Å². The molecule has 0 aliphatic rings. The molecule has 0 heterocycles. The van der Waals surface area contributed by atoms with Gasteiger partial charge in [-0.1, -0.05) is 5.22 Å². The van der Waals surface area contributed by atoms with E-state index in [1.165, 1.54) is 31.4 Å². The second-order valence-electron chi connectivity index (χ2n) is 2.58. The van der Waals surface area contributed by atoms with E-state index in [0.29, 0.717) is 5.75 Å². The van der Waals surface area contributed by atoms with Gasteiger partial charge in [-0.25, -0.2) is 0 Å². The lowest BCUT2D eigenvalue weighted by atomic mass is 10.3. The number of benzene rings is 1. The van der Waals surface area contributed by atoms with Gasteiger partial charge in [0.1, 0.15) is 5.75 Å². The Morgan fingerprint density at radius 2 is 1.80 bits per heavy atom. The van der Waals surface area contributed by atoms with E-state index in [2.05, 4.69) is 5.22 Å². The van der Waals surface area contributed by atoms with Crippen LogP contribution in [-0.4, -0.2) is 13.4 Å². The lowest BCUT2D eigenvalue weighted by Crippen LogP contribution is -2.32. The minimum Gasteiger partial charge on any atom is -0.497 e. The molecule has 0 fully saturated rings. The average Bonchev–Trinajstić information content (AvgIpc) is 2.18.